The average molecular weight is 257 g/mol. The van der Waals surface area contributed by atoms with Crippen molar-refractivity contribution in [3.05, 3.63) is 34.9 Å². The van der Waals surface area contributed by atoms with Gasteiger partial charge in [-0.25, -0.2) is 4.79 Å². The van der Waals surface area contributed by atoms with Crippen LogP contribution in [-0.4, -0.2) is 25.8 Å². The molecule has 0 radical (unpaired) electrons. The van der Waals surface area contributed by atoms with Gasteiger partial charge in [0.15, 0.2) is 0 Å². The molecule has 0 bridgehead atoms. The highest BCUT2D eigenvalue weighted by atomic mass is 35.5. The van der Waals surface area contributed by atoms with Crippen LogP contribution in [0, 0.1) is 0 Å². The number of methoxy groups -OCH3 is 1. The molecule has 0 saturated heterocycles. The Morgan fingerprint density at radius 2 is 2.24 bits per heavy atom. The monoisotopic (exact) mass is 256 g/mol. The first kappa shape index (κ1) is 14.0. The minimum atomic E-state index is -0.336. The second-order valence-electron chi connectivity index (χ2n) is 3.86. The van der Waals surface area contributed by atoms with E-state index in [0.717, 1.165) is 12.8 Å². The number of carbonyl (C=O) groups excluding carboxylic acids is 1. The predicted octanol–water partition coefficient (Wildman–Crippen LogP) is 3.31. The highest BCUT2D eigenvalue weighted by Crippen LogP contribution is 2.13. The number of rotatable bonds is 6. The van der Waals surface area contributed by atoms with E-state index in [1.54, 1.807) is 31.4 Å². The van der Waals surface area contributed by atoms with E-state index in [-0.39, 0.29) is 12.1 Å². The minimum Gasteiger partial charge on any atom is -0.459 e. The largest absolute Gasteiger partial charge is 0.459 e. The second-order valence-corrected chi connectivity index (χ2v) is 4.30. The average Bonchev–Trinajstić information content (AvgIpc) is 2.29. The first-order valence-electron chi connectivity index (χ1n) is 5.59. The number of ether oxygens (including phenoxy) is 2. The Balaban J connectivity index is 2.43. The molecular weight excluding hydrogens is 240 g/mol. The van der Waals surface area contributed by atoms with Crippen molar-refractivity contribution < 1.29 is 14.3 Å². The lowest BCUT2D eigenvalue weighted by molar-refractivity contribution is 0.0304. The van der Waals surface area contributed by atoms with E-state index >= 15 is 0 Å². The molecule has 0 amide bonds. The van der Waals surface area contributed by atoms with Gasteiger partial charge in [-0.1, -0.05) is 17.7 Å². The van der Waals surface area contributed by atoms with Crippen LogP contribution in [-0.2, 0) is 9.47 Å². The molecule has 0 aliphatic heterocycles. The van der Waals surface area contributed by atoms with Crippen LogP contribution in [0.2, 0.25) is 5.02 Å². The lowest BCUT2D eigenvalue weighted by atomic mass is 10.2. The van der Waals surface area contributed by atoms with E-state index in [9.17, 15) is 4.79 Å². The van der Waals surface area contributed by atoms with E-state index in [1.807, 2.05) is 6.92 Å². The van der Waals surface area contributed by atoms with Crippen molar-refractivity contribution in [3.63, 3.8) is 0 Å². The van der Waals surface area contributed by atoms with Crippen molar-refractivity contribution in [1.82, 2.24) is 0 Å². The van der Waals surface area contributed by atoms with E-state index in [0.29, 0.717) is 17.2 Å². The van der Waals surface area contributed by atoms with Crippen molar-refractivity contribution in [3.8, 4) is 0 Å². The fraction of sp³-hybridized carbons (Fsp3) is 0.462. The van der Waals surface area contributed by atoms with Gasteiger partial charge in [0.2, 0.25) is 0 Å². The van der Waals surface area contributed by atoms with Gasteiger partial charge in [0.25, 0.3) is 0 Å². The fourth-order valence-corrected chi connectivity index (χ4v) is 1.63. The Bertz CT molecular complexity index is 365. The normalized spacial score (nSPS) is 12.2. The molecule has 3 nitrogen and oxygen atoms in total. The summed E-state index contributed by atoms with van der Waals surface area (Å²) >= 11 is 5.80. The van der Waals surface area contributed by atoms with Crippen molar-refractivity contribution in [1.29, 1.82) is 0 Å². The van der Waals surface area contributed by atoms with Gasteiger partial charge in [0.05, 0.1) is 11.7 Å². The molecule has 0 aliphatic carbocycles. The smallest absolute Gasteiger partial charge is 0.338 e. The molecule has 0 spiro atoms. The summed E-state index contributed by atoms with van der Waals surface area (Å²) in [5, 5.41) is 0.534. The summed E-state index contributed by atoms with van der Waals surface area (Å²) in [5.41, 5.74) is 0.482. The van der Waals surface area contributed by atoms with Crippen LogP contribution in [0.4, 0.5) is 0 Å². The predicted molar refractivity (Wildman–Crippen MR) is 67.4 cm³/mol. The minimum absolute atomic E-state index is 0.114. The molecule has 1 rings (SSSR count). The van der Waals surface area contributed by atoms with Crippen molar-refractivity contribution in [2.45, 2.75) is 25.9 Å². The van der Waals surface area contributed by atoms with E-state index in [1.165, 1.54) is 0 Å². The Kier molecular flexibility index (Phi) is 6.01. The third-order valence-electron chi connectivity index (χ3n) is 2.33. The van der Waals surface area contributed by atoms with Crippen LogP contribution in [0.3, 0.4) is 0 Å². The van der Waals surface area contributed by atoms with E-state index in [2.05, 4.69) is 0 Å². The first-order chi connectivity index (χ1) is 8.13. The van der Waals surface area contributed by atoms with Gasteiger partial charge in [-0.15, -0.1) is 0 Å². The Morgan fingerprint density at radius 3 is 2.88 bits per heavy atom. The SMILES string of the molecule is COCCCC(C)OC(=O)c1cccc(Cl)c1. The van der Waals surface area contributed by atoms with Crippen LogP contribution in [0.1, 0.15) is 30.1 Å². The van der Waals surface area contributed by atoms with Crippen LogP contribution in [0.15, 0.2) is 24.3 Å². The maximum absolute atomic E-state index is 11.7. The van der Waals surface area contributed by atoms with Gasteiger partial charge in [0, 0.05) is 18.7 Å². The molecule has 0 saturated carbocycles. The van der Waals surface area contributed by atoms with Gasteiger partial charge in [-0.3, -0.25) is 0 Å². The number of carbonyl (C=O) groups is 1. The van der Waals surface area contributed by atoms with E-state index < -0.39 is 0 Å². The Hall–Kier alpha value is -1.06. The molecule has 1 atom stereocenters. The molecule has 4 heteroatoms. The van der Waals surface area contributed by atoms with Crippen LogP contribution in [0.5, 0.6) is 0 Å². The summed E-state index contributed by atoms with van der Waals surface area (Å²) in [5.74, 6) is -0.336. The second kappa shape index (κ2) is 7.30. The number of esters is 1. The summed E-state index contributed by atoms with van der Waals surface area (Å²) in [7, 11) is 1.66. The van der Waals surface area contributed by atoms with Crippen molar-refractivity contribution in [2.24, 2.45) is 0 Å². The highest BCUT2D eigenvalue weighted by molar-refractivity contribution is 6.30. The summed E-state index contributed by atoms with van der Waals surface area (Å²) in [6.45, 7) is 2.55. The third kappa shape index (κ3) is 5.20. The molecule has 17 heavy (non-hydrogen) atoms. The zero-order valence-electron chi connectivity index (χ0n) is 10.1. The molecular formula is C13H17ClO3. The molecule has 0 heterocycles. The molecule has 0 aromatic heterocycles. The van der Waals surface area contributed by atoms with Crippen molar-refractivity contribution in [2.75, 3.05) is 13.7 Å². The lowest BCUT2D eigenvalue weighted by Gasteiger charge is -2.12. The van der Waals surface area contributed by atoms with Crippen molar-refractivity contribution >= 4 is 17.6 Å². The zero-order valence-corrected chi connectivity index (χ0v) is 10.9. The maximum Gasteiger partial charge on any atom is 0.338 e. The molecule has 1 aromatic rings. The summed E-state index contributed by atoms with van der Waals surface area (Å²) in [4.78, 5) is 11.7. The Morgan fingerprint density at radius 1 is 1.47 bits per heavy atom. The molecule has 0 fully saturated rings. The number of benzene rings is 1. The van der Waals surface area contributed by atoms with E-state index in [4.69, 9.17) is 21.1 Å². The number of halogens is 1. The highest BCUT2D eigenvalue weighted by Gasteiger charge is 2.11. The van der Waals surface area contributed by atoms with Gasteiger partial charge >= 0.3 is 5.97 Å². The van der Waals surface area contributed by atoms with Gasteiger partial charge in [0.1, 0.15) is 0 Å². The maximum atomic E-state index is 11.7. The molecule has 1 aromatic carbocycles. The topological polar surface area (TPSA) is 35.5 Å². The van der Waals surface area contributed by atoms with Crippen LogP contribution >= 0.6 is 11.6 Å². The summed E-state index contributed by atoms with van der Waals surface area (Å²) in [6, 6.07) is 6.75. The number of hydrogen-bond acceptors (Lipinski definition) is 3. The van der Waals surface area contributed by atoms with Crippen LogP contribution in [0.25, 0.3) is 0 Å². The zero-order chi connectivity index (χ0) is 12.7. The standard InChI is InChI=1S/C13H17ClO3/c1-10(5-4-8-16-2)17-13(15)11-6-3-7-12(14)9-11/h3,6-7,9-10H,4-5,8H2,1-2H3. The quantitative estimate of drug-likeness (QED) is 0.579. The number of hydrogen-bond donors (Lipinski definition) is 0. The van der Waals surface area contributed by atoms with Gasteiger partial charge in [-0.05, 0) is 38.0 Å². The van der Waals surface area contributed by atoms with Crippen LogP contribution < -0.4 is 0 Å². The van der Waals surface area contributed by atoms with Gasteiger partial charge < -0.3 is 9.47 Å². The molecule has 94 valence electrons. The fourth-order valence-electron chi connectivity index (χ4n) is 1.44. The van der Waals surface area contributed by atoms with Gasteiger partial charge in [-0.2, -0.15) is 0 Å². The first-order valence-corrected chi connectivity index (χ1v) is 5.96. The molecule has 1 unspecified atom stereocenters. The summed E-state index contributed by atoms with van der Waals surface area (Å²) in [6.07, 6.45) is 1.55. The molecule has 0 N–H and O–H groups in total. The molecule has 0 aliphatic rings. The lowest BCUT2D eigenvalue weighted by Crippen LogP contribution is -2.15. The third-order valence-corrected chi connectivity index (χ3v) is 2.56. The Labute approximate surface area is 107 Å². The summed E-state index contributed by atoms with van der Waals surface area (Å²) < 4.78 is 10.2.